The van der Waals surface area contributed by atoms with Gasteiger partial charge < -0.3 is 34.3 Å². The Bertz CT molecular complexity index is 1500. The molecule has 0 saturated heterocycles. The SMILES string of the molecule is COc1cc2ncnc(Nc3c(CN(CCCCCCl)C(=O)OCc4ccccc4)ccc4c3OCO4)c2cc1O. The highest BCUT2D eigenvalue weighted by Gasteiger charge is 2.25. The van der Waals surface area contributed by atoms with Crippen molar-refractivity contribution in [1.29, 1.82) is 0 Å². The zero-order chi connectivity index (χ0) is 28.6. The number of nitrogens with zero attached hydrogens (tertiary/aromatic N) is 3. The Morgan fingerprint density at radius 1 is 1.10 bits per heavy atom. The third-order valence-corrected chi connectivity index (χ3v) is 6.96. The van der Waals surface area contributed by atoms with Gasteiger partial charge in [0.15, 0.2) is 23.0 Å². The molecule has 0 bridgehead atoms. The lowest BCUT2D eigenvalue weighted by molar-refractivity contribution is 0.0930. The van der Waals surface area contributed by atoms with E-state index in [9.17, 15) is 9.90 Å². The first kappa shape index (κ1) is 28.1. The van der Waals surface area contributed by atoms with Crippen molar-refractivity contribution >= 4 is 40.1 Å². The molecule has 2 heterocycles. The van der Waals surface area contributed by atoms with E-state index in [1.807, 2.05) is 42.5 Å². The molecule has 41 heavy (non-hydrogen) atoms. The van der Waals surface area contributed by atoms with Gasteiger partial charge in [0.25, 0.3) is 0 Å². The summed E-state index contributed by atoms with van der Waals surface area (Å²) in [4.78, 5) is 23.7. The molecule has 10 nitrogen and oxygen atoms in total. The van der Waals surface area contributed by atoms with Gasteiger partial charge in [0.1, 0.15) is 18.8 Å². The van der Waals surface area contributed by atoms with Crippen LogP contribution in [0.15, 0.2) is 60.9 Å². The lowest BCUT2D eigenvalue weighted by atomic mass is 10.1. The summed E-state index contributed by atoms with van der Waals surface area (Å²) in [6.07, 6.45) is 3.53. The summed E-state index contributed by atoms with van der Waals surface area (Å²) >= 11 is 5.87. The number of fused-ring (bicyclic) bond motifs is 2. The highest BCUT2D eigenvalue weighted by Crippen LogP contribution is 2.44. The highest BCUT2D eigenvalue weighted by atomic mass is 35.5. The van der Waals surface area contributed by atoms with E-state index in [2.05, 4.69) is 15.3 Å². The number of phenolic OH excluding ortho intramolecular Hbond substituents is 1. The van der Waals surface area contributed by atoms with Crippen LogP contribution in [0.4, 0.5) is 16.3 Å². The number of carbonyl (C=O) groups excluding carboxylic acids is 1. The molecule has 0 spiro atoms. The monoisotopic (exact) mass is 578 g/mol. The summed E-state index contributed by atoms with van der Waals surface area (Å²) in [6, 6.07) is 16.4. The van der Waals surface area contributed by atoms with E-state index in [1.165, 1.54) is 13.4 Å². The van der Waals surface area contributed by atoms with Crippen molar-refractivity contribution in [3.05, 3.63) is 72.1 Å². The highest BCUT2D eigenvalue weighted by molar-refractivity contribution is 6.17. The van der Waals surface area contributed by atoms with Gasteiger partial charge >= 0.3 is 6.09 Å². The van der Waals surface area contributed by atoms with Crippen LogP contribution in [0.5, 0.6) is 23.0 Å². The molecular formula is C30H31ClN4O6. The maximum absolute atomic E-state index is 13.3. The number of hydrogen-bond donors (Lipinski definition) is 2. The number of benzene rings is 3. The van der Waals surface area contributed by atoms with Crippen LogP contribution in [-0.2, 0) is 17.9 Å². The number of carbonyl (C=O) groups is 1. The molecule has 1 amide bonds. The second-order valence-electron chi connectivity index (χ2n) is 9.43. The number of anilines is 2. The molecule has 1 aromatic heterocycles. The van der Waals surface area contributed by atoms with Gasteiger partial charge in [0, 0.05) is 23.9 Å². The number of unbranched alkanes of at least 4 members (excludes halogenated alkanes) is 2. The number of methoxy groups -OCH3 is 1. The molecule has 5 rings (SSSR count). The van der Waals surface area contributed by atoms with Crippen molar-refractivity contribution in [2.45, 2.75) is 32.4 Å². The van der Waals surface area contributed by atoms with E-state index in [1.54, 1.807) is 17.0 Å². The van der Waals surface area contributed by atoms with Crippen LogP contribution in [0.25, 0.3) is 10.9 Å². The molecule has 4 aromatic rings. The third-order valence-electron chi connectivity index (χ3n) is 6.69. The van der Waals surface area contributed by atoms with Crippen molar-refractivity contribution in [2.24, 2.45) is 0 Å². The van der Waals surface area contributed by atoms with E-state index >= 15 is 0 Å². The predicted octanol–water partition coefficient (Wildman–Crippen LogP) is 6.36. The third kappa shape index (κ3) is 6.66. The maximum atomic E-state index is 13.3. The molecule has 0 atom stereocenters. The van der Waals surface area contributed by atoms with Gasteiger partial charge in [0.2, 0.25) is 6.79 Å². The first-order valence-corrected chi connectivity index (χ1v) is 13.8. The van der Waals surface area contributed by atoms with Gasteiger partial charge in [-0.2, -0.15) is 0 Å². The largest absolute Gasteiger partial charge is 0.504 e. The standard InChI is InChI=1S/C30H31ClN4O6/c1-38-26-15-23-22(14-24(26)36)29(33-18-32-23)34-27-21(10-11-25-28(27)41-19-40-25)16-35(13-7-3-6-12-31)30(37)39-17-20-8-4-2-5-9-20/h2,4-5,8-11,14-15,18,36H,3,6-7,12-13,16-17,19H2,1H3,(H,32,33,34). The van der Waals surface area contributed by atoms with Crippen LogP contribution < -0.4 is 19.5 Å². The summed E-state index contributed by atoms with van der Waals surface area (Å²) in [7, 11) is 1.48. The van der Waals surface area contributed by atoms with E-state index in [0.29, 0.717) is 52.1 Å². The Morgan fingerprint density at radius 2 is 1.95 bits per heavy atom. The van der Waals surface area contributed by atoms with Gasteiger partial charge in [-0.3, -0.25) is 0 Å². The summed E-state index contributed by atoms with van der Waals surface area (Å²) < 4.78 is 22.4. The first-order chi connectivity index (χ1) is 20.1. The lowest BCUT2D eigenvalue weighted by Crippen LogP contribution is -2.32. The van der Waals surface area contributed by atoms with Crippen LogP contribution >= 0.6 is 11.6 Å². The minimum atomic E-state index is -0.423. The predicted molar refractivity (Wildman–Crippen MR) is 155 cm³/mol. The number of halogens is 1. The van der Waals surface area contributed by atoms with Crippen LogP contribution in [-0.4, -0.2) is 52.4 Å². The van der Waals surface area contributed by atoms with Gasteiger partial charge in [-0.1, -0.05) is 42.8 Å². The first-order valence-electron chi connectivity index (χ1n) is 13.3. The fraction of sp³-hybridized carbons (Fsp3) is 0.300. The van der Waals surface area contributed by atoms with E-state index in [-0.39, 0.29) is 25.7 Å². The molecule has 0 saturated carbocycles. The molecule has 0 aliphatic carbocycles. The van der Waals surface area contributed by atoms with E-state index in [4.69, 9.17) is 30.5 Å². The Morgan fingerprint density at radius 3 is 2.76 bits per heavy atom. The molecule has 0 unspecified atom stereocenters. The second kappa shape index (κ2) is 13.3. The molecule has 11 heteroatoms. The van der Waals surface area contributed by atoms with Gasteiger partial charge in [-0.05, 0) is 36.1 Å². The van der Waals surface area contributed by atoms with Crippen molar-refractivity contribution in [3.8, 4) is 23.0 Å². The van der Waals surface area contributed by atoms with Gasteiger partial charge in [0.05, 0.1) is 24.9 Å². The number of aromatic hydroxyl groups is 1. The molecular weight excluding hydrogens is 548 g/mol. The van der Waals surface area contributed by atoms with Crippen molar-refractivity contribution in [2.75, 3.05) is 31.6 Å². The summed E-state index contributed by atoms with van der Waals surface area (Å²) in [5.74, 6) is 2.35. The van der Waals surface area contributed by atoms with Crippen molar-refractivity contribution in [1.82, 2.24) is 14.9 Å². The minimum Gasteiger partial charge on any atom is -0.504 e. The number of hydrogen-bond acceptors (Lipinski definition) is 9. The number of ether oxygens (including phenoxy) is 4. The number of rotatable bonds is 12. The molecule has 214 valence electrons. The fourth-order valence-electron chi connectivity index (χ4n) is 4.56. The van der Waals surface area contributed by atoms with Gasteiger partial charge in [-0.25, -0.2) is 14.8 Å². The summed E-state index contributed by atoms with van der Waals surface area (Å²) in [6.45, 7) is 0.971. The summed E-state index contributed by atoms with van der Waals surface area (Å²) in [5.41, 5.74) is 2.85. The molecule has 1 aliphatic heterocycles. The maximum Gasteiger partial charge on any atom is 0.410 e. The number of nitrogens with one attached hydrogen (secondary N) is 1. The Kier molecular flexibility index (Phi) is 9.10. The van der Waals surface area contributed by atoms with Crippen molar-refractivity contribution in [3.63, 3.8) is 0 Å². The normalized spacial score (nSPS) is 11.9. The molecule has 2 N–H and O–H groups in total. The van der Waals surface area contributed by atoms with Crippen LogP contribution in [0.1, 0.15) is 30.4 Å². The average Bonchev–Trinajstić information content (AvgIpc) is 3.48. The topological polar surface area (TPSA) is 115 Å². The Balaban J connectivity index is 1.45. The van der Waals surface area contributed by atoms with Crippen LogP contribution in [0.2, 0.25) is 0 Å². The molecule has 3 aromatic carbocycles. The lowest BCUT2D eigenvalue weighted by Gasteiger charge is -2.24. The zero-order valence-corrected chi connectivity index (χ0v) is 23.4. The fourth-order valence-corrected chi connectivity index (χ4v) is 4.75. The number of amides is 1. The number of alkyl halides is 1. The van der Waals surface area contributed by atoms with Crippen molar-refractivity contribution < 1.29 is 28.8 Å². The average molecular weight is 579 g/mol. The number of phenols is 1. The Labute approximate surface area is 242 Å². The molecule has 1 aliphatic rings. The summed E-state index contributed by atoms with van der Waals surface area (Å²) in [5, 5.41) is 14.4. The van der Waals surface area contributed by atoms with Crippen LogP contribution in [0.3, 0.4) is 0 Å². The Hall–Kier alpha value is -4.44. The minimum absolute atomic E-state index is 0.0415. The second-order valence-corrected chi connectivity index (χ2v) is 9.81. The number of aromatic nitrogens is 2. The van der Waals surface area contributed by atoms with E-state index < -0.39 is 6.09 Å². The smallest absolute Gasteiger partial charge is 0.410 e. The molecule has 0 radical (unpaired) electrons. The quantitative estimate of drug-likeness (QED) is 0.146. The molecule has 0 fully saturated rings. The zero-order valence-electron chi connectivity index (χ0n) is 22.6. The van der Waals surface area contributed by atoms with Crippen LogP contribution in [0, 0.1) is 0 Å². The van der Waals surface area contributed by atoms with E-state index in [0.717, 1.165) is 30.4 Å². The van der Waals surface area contributed by atoms with Gasteiger partial charge in [-0.15, -0.1) is 11.6 Å².